The van der Waals surface area contributed by atoms with Gasteiger partial charge >= 0.3 is 5.97 Å². The third-order valence-corrected chi connectivity index (χ3v) is 11.8. The Morgan fingerprint density at radius 2 is 1.88 bits per heavy atom. The van der Waals surface area contributed by atoms with Gasteiger partial charge in [-0.05, 0) is 105 Å². The lowest BCUT2D eigenvalue weighted by atomic mass is 9.46. The standard InChI is InChI=1S/C34H45N3O5/c1-32-14-11-23(18-22(32)9-10-25-26(32)12-15-33(2)27(25)13-16-34(33,3)40)37-42-20-30(38)36-29(31(39)41-4)17-21-19-35-28-8-6-5-7-24(21)28/h5-8,18-19,25-27,29,35,40H,9-17,20H2,1-4H3,(H,36,38)/b37-23+/t25?,26?,27?,29?,32-,33-,34-/m0/s1. The van der Waals surface area contributed by atoms with Crippen molar-refractivity contribution in [3.05, 3.63) is 47.7 Å². The first-order valence-electron chi connectivity index (χ1n) is 15.6. The minimum absolute atomic E-state index is 0.0315. The third-order valence-electron chi connectivity index (χ3n) is 11.8. The third kappa shape index (κ3) is 4.85. The molecule has 8 nitrogen and oxygen atoms in total. The Morgan fingerprint density at radius 1 is 1.10 bits per heavy atom. The number of para-hydroxylation sites is 1. The highest BCUT2D eigenvalue weighted by molar-refractivity contribution is 5.96. The van der Waals surface area contributed by atoms with Crippen molar-refractivity contribution in [2.24, 2.45) is 33.7 Å². The number of amides is 1. The average Bonchev–Trinajstić information content (AvgIpc) is 3.49. The number of carbonyl (C=O) groups excluding carboxylic acids is 2. The normalized spacial score (nSPS) is 35.5. The van der Waals surface area contributed by atoms with Gasteiger partial charge in [0.2, 0.25) is 0 Å². The molecular weight excluding hydrogens is 530 g/mol. The van der Waals surface area contributed by atoms with E-state index < -0.39 is 23.5 Å². The molecule has 0 spiro atoms. The van der Waals surface area contributed by atoms with E-state index in [1.807, 2.05) is 30.5 Å². The largest absolute Gasteiger partial charge is 0.467 e. The number of carbonyl (C=O) groups is 2. The Balaban J connectivity index is 1.07. The number of fused-ring (bicyclic) bond motifs is 6. The molecule has 1 aromatic heterocycles. The van der Waals surface area contributed by atoms with Gasteiger partial charge in [0.1, 0.15) is 6.04 Å². The van der Waals surface area contributed by atoms with E-state index in [1.165, 1.54) is 25.5 Å². The van der Waals surface area contributed by atoms with Crippen molar-refractivity contribution < 1.29 is 24.3 Å². The molecule has 6 rings (SSSR count). The topological polar surface area (TPSA) is 113 Å². The summed E-state index contributed by atoms with van der Waals surface area (Å²) in [4.78, 5) is 33.9. The molecule has 0 radical (unpaired) electrons. The highest BCUT2D eigenvalue weighted by Gasteiger charge is 2.62. The van der Waals surface area contributed by atoms with Crippen LogP contribution in [0.15, 0.2) is 47.3 Å². The molecule has 1 amide bonds. The van der Waals surface area contributed by atoms with Crippen LogP contribution in [0.2, 0.25) is 0 Å². The zero-order chi connectivity index (χ0) is 29.7. The SMILES string of the molecule is COC(=O)C(Cc1c[nH]c2ccccc12)NC(=O)CO/N=C1/C=C2CCC3C(CC[C@@]4(C)C3CC[C@]4(C)O)[C@@]2(C)CC1. The lowest BCUT2D eigenvalue weighted by Crippen LogP contribution is -2.53. The van der Waals surface area contributed by atoms with E-state index in [0.717, 1.165) is 60.7 Å². The number of rotatable bonds is 7. The number of nitrogens with zero attached hydrogens (tertiary/aromatic N) is 1. The van der Waals surface area contributed by atoms with Crippen molar-refractivity contribution in [3.8, 4) is 0 Å². The van der Waals surface area contributed by atoms with E-state index >= 15 is 0 Å². The van der Waals surface area contributed by atoms with Crippen molar-refractivity contribution in [1.29, 1.82) is 0 Å². The number of oxime groups is 1. The number of aliphatic hydroxyl groups is 1. The second-order valence-corrected chi connectivity index (χ2v) is 13.8. The number of nitrogens with one attached hydrogen (secondary N) is 2. The number of allylic oxidation sites excluding steroid dienone is 2. The number of H-pyrrole nitrogens is 1. The molecular formula is C34H45N3O5. The number of methoxy groups -OCH3 is 1. The maximum atomic E-state index is 12.8. The summed E-state index contributed by atoms with van der Waals surface area (Å²) in [5, 5.41) is 19.3. The Morgan fingerprint density at radius 3 is 2.69 bits per heavy atom. The van der Waals surface area contributed by atoms with Crippen molar-refractivity contribution in [1.82, 2.24) is 10.3 Å². The van der Waals surface area contributed by atoms with E-state index in [-0.39, 0.29) is 17.4 Å². The second kappa shape index (κ2) is 10.9. The fourth-order valence-corrected chi connectivity index (χ4v) is 9.15. The van der Waals surface area contributed by atoms with E-state index in [0.29, 0.717) is 24.2 Å². The van der Waals surface area contributed by atoms with Crippen molar-refractivity contribution >= 4 is 28.5 Å². The second-order valence-electron chi connectivity index (χ2n) is 13.8. The molecule has 4 unspecified atom stereocenters. The summed E-state index contributed by atoms with van der Waals surface area (Å²) in [6.45, 7) is 6.57. The summed E-state index contributed by atoms with van der Waals surface area (Å²) in [5.41, 5.74) is 3.87. The van der Waals surface area contributed by atoms with Crippen LogP contribution in [-0.4, -0.2) is 53.0 Å². The molecule has 0 bridgehead atoms. The summed E-state index contributed by atoms with van der Waals surface area (Å²) in [6.07, 6.45) is 12.8. The summed E-state index contributed by atoms with van der Waals surface area (Å²) < 4.78 is 4.96. The average molecular weight is 576 g/mol. The number of benzene rings is 1. The summed E-state index contributed by atoms with van der Waals surface area (Å²) >= 11 is 0. The summed E-state index contributed by atoms with van der Waals surface area (Å²) in [5.74, 6) is 0.999. The number of aromatic nitrogens is 1. The van der Waals surface area contributed by atoms with Crippen LogP contribution in [0, 0.1) is 28.6 Å². The quantitative estimate of drug-likeness (QED) is 0.300. The van der Waals surface area contributed by atoms with Gasteiger partial charge in [0.15, 0.2) is 6.61 Å². The fraction of sp³-hybridized carbons (Fsp3) is 0.618. The van der Waals surface area contributed by atoms with Gasteiger partial charge in [-0.2, -0.15) is 0 Å². The fourth-order valence-electron chi connectivity index (χ4n) is 9.15. The molecule has 3 saturated carbocycles. The molecule has 2 aromatic rings. The van der Waals surface area contributed by atoms with Gasteiger partial charge in [-0.3, -0.25) is 4.79 Å². The molecule has 0 aliphatic heterocycles. The van der Waals surface area contributed by atoms with Gasteiger partial charge in [-0.15, -0.1) is 0 Å². The van der Waals surface area contributed by atoms with E-state index in [2.05, 4.69) is 42.3 Å². The lowest BCUT2D eigenvalue weighted by molar-refractivity contribution is -0.145. The first-order valence-corrected chi connectivity index (χ1v) is 15.6. The highest BCUT2D eigenvalue weighted by atomic mass is 16.6. The van der Waals surface area contributed by atoms with Crippen LogP contribution in [0.25, 0.3) is 10.9 Å². The Hall–Kier alpha value is -3.13. The van der Waals surface area contributed by atoms with Crippen LogP contribution in [0.4, 0.5) is 0 Å². The minimum atomic E-state index is -0.827. The predicted octanol–water partition coefficient (Wildman–Crippen LogP) is 5.45. The summed E-state index contributed by atoms with van der Waals surface area (Å²) in [7, 11) is 1.32. The van der Waals surface area contributed by atoms with E-state index in [4.69, 9.17) is 9.57 Å². The first kappa shape index (κ1) is 29.0. The van der Waals surface area contributed by atoms with E-state index in [9.17, 15) is 14.7 Å². The molecule has 3 N–H and O–H groups in total. The van der Waals surface area contributed by atoms with Gasteiger partial charge in [0, 0.05) is 23.5 Å². The van der Waals surface area contributed by atoms with Crippen LogP contribution >= 0.6 is 0 Å². The smallest absolute Gasteiger partial charge is 0.328 e. The number of esters is 1. The number of ether oxygens (including phenoxy) is 1. The molecule has 0 saturated heterocycles. The van der Waals surface area contributed by atoms with Crippen LogP contribution < -0.4 is 5.32 Å². The number of aromatic amines is 1. The number of hydrogen-bond donors (Lipinski definition) is 3. The monoisotopic (exact) mass is 575 g/mol. The lowest BCUT2D eigenvalue weighted by Gasteiger charge is -2.59. The molecule has 3 fully saturated rings. The van der Waals surface area contributed by atoms with Gasteiger partial charge in [0.05, 0.1) is 18.4 Å². The van der Waals surface area contributed by atoms with Gasteiger partial charge in [-0.1, -0.05) is 42.8 Å². The van der Waals surface area contributed by atoms with Crippen LogP contribution in [-0.2, 0) is 25.6 Å². The van der Waals surface area contributed by atoms with Crippen molar-refractivity contribution in [2.45, 2.75) is 90.2 Å². The zero-order valence-corrected chi connectivity index (χ0v) is 25.4. The maximum absolute atomic E-state index is 12.8. The molecule has 7 atom stereocenters. The first-order chi connectivity index (χ1) is 20.1. The number of hydrogen-bond acceptors (Lipinski definition) is 6. The highest BCUT2D eigenvalue weighted by Crippen LogP contribution is 2.67. The van der Waals surface area contributed by atoms with Crippen LogP contribution in [0.1, 0.15) is 77.7 Å². The molecule has 4 aliphatic carbocycles. The molecule has 1 heterocycles. The van der Waals surface area contributed by atoms with Gasteiger partial charge in [0.25, 0.3) is 5.91 Å². The molecule has 1 aromatic carbocycles. The zero-order valence-electron chi connectivity index (χ0n) is 25.4. The van der Waals surface area contributed by atoms with Gasteiger partial charge < -0.3 is 25.0 Å². The Bertz CT molecular complexity index is 1430. The molecule has 8 heteroatoms. The van der Waals surface area contributed by atoms with Gasteiger partial charge in [-0.25, -0.2) is 4.79 Å². The van der Waals surface area contributed by atoms with Crippen LogP contribution in [0.3, 0.4) is 0 Å². The minimum Gasteiger partial charge on any atom is -0.467 e. The predicted molar refractivity (Wildman–Crippen MR) is 162 cm³/mol. The molecule has 226 valence electrons. The maximum Gasteiger partial charge on any atom is 0.328 e. The van der Waals surface area contributed by atoms with Crippen molar-refractivity contribution in [3.63, 3.8) is 0 Å². The van der Waals surface area contributed by atoms with Crippen LogP contribution in [0.5, 0.6) is 0 Å². The molecule has 4 aliphatic rings. The van der Waals surface area contributed by atoms with E-state index in [1.54, 1.807) is 0 Å². The Kier molecular flexibility index (Phi) is 7.49. The van der Waals surface area contributed by atoms with Crippen molar-refractivity contribution in [2.75, 3.05) is 13.7 Å². The molecule has 42 heavy (non-hydrogen) atoms. The Labute approximate surface area is 248 Å². The summed E-state index contributed by atoms with van der Waals surface area (Å²) in [6, 6.07) is 7.02.